The fourth-order valence-corrected chi connectivity index (χ4v) is 5.10. The molecule has 0 saturated heterocycles. The van der Waals surface area contributed by atoms with E-state index in [0.29, 0.717) is 5.56 Å². The number of benzene rings is 3. The third-order valence-corrected chi connectivity index (χ3v) is 7.06. The van der Waals surface area contributed by atoms with Crippen LogP contribution < -0.4 is 0 Å². The van der Waals surface area contributed by atoms with Gasteiger partial charge in [0.2, 0.25) is 0 Å². The molecular weight excluding hydrogens is 437 g/mol. The molecule has 1 saturated carbocycles. The predicted molar refractivity (Wildman–Crippen MR) is 116 cm³/mol. The van der Waals surface area contributed by atoms with Crippen LogP contribution in [-0.4, -0.2) is 24.6 Å². The van der Waals surface area contributed by atoms with E-state index < -0.39 is 21.6 Å². The molecule has 164 valence electrons. The standard InChI is InChI=1S/C24H19F3N2O2S/c1-32(30,31)22-5-3-2-4-17(22)15-8-11-20-21(12-15)29-23(28-20)19-13-18(19)14-6-9-16(10-7-14)24(25,26)27/h2-12,18-19H,13H2,1H3,(H,28,29). The van der Waals surface area contributed by atoms with Crippen LogP contribution >= 0.6 is 0 Å². The Kier molecular flexibility index (Phi) is 4.67. The highest BCUT2D eigenvalue weighted by Crippen LogP contribution is 2.54. The molecule has 4 aromatic rings. The topological polar surface area (TPSA) is 62.8 Å². The Hall–Kier alpha value is -3.13. The molecule has 1 fully saturated rings. The number of alkyl halides is 3. The van der Waals surface area contributed by atoms with Crippen molar-refractivity contribution in [3.05, 3.63) is 83.7 Å². The number of aromatic nitrogens is 2. The second kappa shape index (κ2) is 7.20. The normalized spacial score (nSPS) is 18.8. The van der Waals surface area contributed by atoms with E-state index in [-0.39, 0.29) is 16.7 Å². The number of sulfone groups is 1. The molecule has 1 N–H and O–H groups in total. The van der Waals surface area contributed by atoms with Crippen molar-refractivity contribution in [3.63, 3.8) is 0 Å². The Labute approximate surface area is 183 Å². The van der Waals surface area contributed by atoms with Crippen molar-refractivity contribution in [2.24, 2.45) is 0 Å². The zero-order chi connectivity index (χ0) is 22.7. The number of H-pyrrole nitrogens is 1. The van der Waals surface area contributed by atoms with Crippen molar-refractivity contribution in [2.45, 2.75) is 29.3 Å². The van der Waals surface area contributed by atoms with Crippen LogP contribution in [0.5, 0.6) is 0 Å². The van der Waals surface area contributed by atoms with E-state index in [1.165, 1.54) is 18.4 Å². The highest BCUT2D eigenvalue weighted by atomic mass is 32.2. The van der Waals surface area contributed by atoms with Gasteiger partial charge in [0.25, 0.3) is 0 Å². The zero-order valence-corrected chi connectivity index (χ0v) is 17.8. The van der Waals surface area contributed by atoms with Crippen LogP contribution in [-0.2, 0) is 16.0 Å². The maximum Gasteiger partial charge on any atom is 0.416 e. The number of nitrogens with one attached hydrogen (secondary N) is 1. The van der Waals surface area contributed by atoms with Gasteiger partial charge in [-0.05, 0) is 53.8 Å². The minimum Gasteiger partial charge on any atom is -0.342 e. The monoisotopic (exact) mass is 456 g/mol. The SMILES string of the molecule is CS(=O)(=O)c1ccccc1-c1ccc2nc(C3CC3c3ccc(C(F)(F)F)cc3)[nH]c2c1. The molecule has 0 bridgehead atoms. The number of nitrogens with zero attached hydrogens (tertiary/aromatic N) is 1. The van der Waals surface area contributed by atoms with Crippen molar-refractivity contribution in [1.82, 2.24) is 9.97 Å². The van der Waals surface area contributed by atoms with Crippen molar-refractivity contribution in [2.75, 3.05) is 6.26 Å². The predicted octanol–water partition coefficient (Wildman–Crippen LogP) is 5.92. The smallest absolute Gasteiger partial charge is 0.342 e. The van der Waals surface area contributed by atoms with Gasteiger partial charge in [-0.3, -0.25) is 0 Å². The van der Waals surface area contributed by atoms with Crippen LogP contribution in [0.15, 0.2) is 71.6 Å². The van der Waals surface area contributed by atoms with Gasteiger partial charge in [0.05, 0.1) is 21.5 Å². The summed E-state index contributed by atoms with van der Waals surface area (Å²) in [5.41, 5.74) is 3.17. The maximum atomic E-state index is 12.8. The van der Waals surface area contributed by atoms with Crippen molar-refractivity contribution in [3.8, 4) is 11.1 Å². The van der Waals surface area contributed by atoms with Gasteiger partial charge in [0, 0.05) is 17.7 Å². The fraction of sp³-hybridized carbons (Fsp3) is 0.208. The average Bonchev–Trinajstić information content (AvgIpc) is 3.44. The molecule has 0 radical (unpaired) electrons. The number of aromatic amines is 1. The second-order valence-corrected chi connectivity index (χ2v) is 10.2. The second-order valence-electron chi connectivity index (χ2n) is 8.19. The number of fused-ring (bicyclic) bond motifs is 1. The van der Waals surface area contributed by atoms with Crippen LogP contribution in [0, 0.1) is 0 Å². The first-order valence-electron chi connectivity index (χ1n) is 10.1. The molecule has 1 aliphatic rings. The molecule has 1 aliphatic carbocycles. The van der Waals surface area contributed by atoms with Gasteiger partial charge in [0.15, 0.2) is 9.84 Å². The minimum atomic E-state index is -4.34. The van der Waals surface area contributed by atoms with Crippen molar-refractivity contribution in [1.29, 1.82) is 0 Å². The van der Waals surface area contributed by atoms with Crippen LogP contribution in [0.4, 0.5) is 13.2 Å². The van der Waals surface area contributed by atoms with Gasteiger partial charge in [0.1, 0.15) is 5.82 Å². The number of imidazole rings is 1. The van der Waals surface area contributed by atoms with Crippen LogP contribution in [0.25, 0.3) is 22.2 Å². The average molecular weight is 456 g/mol. The summed E-state index contributed by atoms with van der Waals surface area (Å²) in [6, 6.07) is 17.7. The molecule has 1 heterocycles. The summed E-state index contributed by atoms with van der Waals surface area (Å²) in [7, 11) is -3.38. The molecule has 0 aliphatic heterocycles. The first-order valence-corrected chi connectivity index (χ1v) is 12.0. The zero-order valence-electron chi connectivity index (χ0n) is 17.0. The van der Waals surface area contributed by atoms with Gasteiger partial charge in [-0.2, -0.15) is 13.2 Å². The Balaban J connectivity index is 1.43. The number of rotatable bonds is 4. The molecule has 4 nitrogen and oxygen atoms in total. The molecular formula is C24H19F3N2O2S. The summed E-state index contributed by atoms with van der Waals surface area (Å²) < 4.78 is 62.7. The third kappa shape index (κ3) is 3.79. The van der Waals surface area contributed by atoms with Gasteiger partial charge in [-0.1, -0.05) is 36.4 Å². The first-order chi connectivity index (χ1) is 15.1. The molecule has 8 heteroatoms. The molecule has 0 amide bonds. The molecule has 0 spiro atoms. The van der Waals surface area contributed by atoms with Gasteiger partial charge >= 0.3 is 6.18 Å². The van der Waals surface area contributed by atoms with Crippen molar-refractivity contribution >= 4 is 20.9 Å². The molecule has 2 atom stereocenters. The van der Waals surface area contributed by atoms with E-state index in [0.717, 1.165) is 46.5 Å². The largest absolute Gasteiger partial charge is 0.416 e. The first kappa shape index (κ1) is 20.8. The lowest BCUT2D eigenvalue weighted by atomic mass is 10.1. The van der Waals surface area contributed by atoms with E-state index in [1.807, 2.05) is 18.2 Å². The Morgan fingerprint density at radius 2 is 1.69 bits per heavy atom. The molecule has 1 aromatic heterocycles. The minimum absolute atomic E-state index is 0.117. The van der Waals surface area contributed by atoms with E-state index in [1.54, 1.807) is 24.3 Å². The van der Waals surface area contributed by atoms with Crippen LogP contribution in [0.1, 0.15) is 35.2 Å². The molecule has 32 heavy (non-hydrogen) atoms. The van der Waals surface area contributed by atoms with Gasteiger partial charge < -0.3 is 4.98 Å². The Morgan fingerprint density at radius 1 is 0.969 bits per heavy atom. The quantitative estimate of drug-likeness (QED) is 0.414. The van der Waals surface area contributed by atoms with E-state index in [9.17, 15) is 21.6 Å². The summed E-state index contributed by atoms with van der Waals surface area (Å²) in [5.74, 6) is 1.03. The van der Waals surface area contributed by atoms with Gasteiger partial charge in [-0.15, -0.1) is 0 Å². The fourth-order valence-electron chi connectivity index (χ4n) is 4.19. The number of hydrogen-bond acceptors (Lipinski definition) is 3. The molecule has 3 aromatic carbocycles. The highest BCUT2D eigenvalue weighted by Gasteiger charge is 2.42. The Morgan fingerprint density at radius 3 is 2.38 bits per heavy atom. The molecule has 5 rings (SSSR count). The van der Waals surface area contributed by atoms with E-state index >= 15 is 0 Å². The van der Waals surface area contributed by atoms with Crippen molar-refractivity contribution < 1.29 is 21.6 Å². The summed E-state index contributed by atoms with van der Waals surface area (Å²) in [5, 5.41) is 0. The molecule has 2 unspecified atom stereocenters. The van der Waals surface area contributed by atoms with E-state index in [2.05, 4.69) is 9.97 Å². The van der Waals surface area contributed by atoms with Crippen LogP contribution in [0.3, 0.4) is 0 Å². The highest BCUT2D eigenvalue weighted by molar-refractivity contribution is 7.90. The van der Waals surface area contributed by atoms with Gasteiger partial charge in [-0.25, -0.2) is 13.4 Å². The van der Waals surface area contributed by atoms with E-state index in [4.69, 9.17) is 0 Å². The lowest BCUT2D eigenvalue weighted by molar-refractivity contribution is -0.137. The third-order valence-electron chi connectivity index (χ3n) is 5.91. The maximum absolute atomic E-state index is 12.8. The van der Waals surface area contributed by atoms with Crippen LogP contribution in [0.2, 0.25) is 0 Å². The summed E-state index contributed by atoms with van der Waals surface area (Å²) in [6.07, 6.45) is -2.34. The summed E-state index contributed by atoms with van der Waals surface area (Å²) in [4.78, 5) is 8.25. The number of halogens is 3. The Bertz CT molecular complexity index is 1420. The summed E-state index contributed by atoms with van der Waals surface area (Å²) in [6.45, 7) is 0. The number of hydrogen-bond donors (Lipinski definition) is 1. The lowest BCUT2D eigenvalue weighted by Gasteiger charge is -2.07. The lowest BCUT2D eigenvalue weighted by Crippen LogP contribution is -2.04. The summed E-state index contributed by atoms with van der Waals surface area (Å²) >= 11 is 0.